The molecule has 0 amide bonds. The number of ether oxygens (including phenoxy) is 1. The van der Waals surface area contributed by atoms with Crippen LogP contribution in [0.2, 0.25) is 0 Å². The molecular weight excluding hydrogens is 286 g/mol. The van der Waals surface area contributed by atoms with Crippen molar-refractivity contribution in [1.82, 2.24) is 14.7 Å². The van der Waals surface area contributed by atoms with Crippen molar-refractivity contribution in [2.75, 3.05) is 31.2 Å². The third kappa shape index (κ3) is 4.45. The summed E-state index contributed by atoms with van der Waals surface area (Å²) in [7, 11) is 0. The Morgan fingerprint density at radius 1 is 1.48 bits per heavy atom. The lowest BCUT2D eigenvalue weighted by atomic mass is 10.1. The number of rotatable bonds is 7. The Morgan fingerprint density at radius 3 is 3.10 bits per heavy atom. The number of aromatic nitrogens is 2. The molecule has 1 aromatic heterocycles. The van der Waals surface area contributed by atoms with Crippen molar-refractivity contribution in [3.05, 3.63) is 18.5 Å². The van der Waals surface area contributed by atoms with Gasteiger partial charge in [0.15, 0.2) is 0 Å². The maximum Gasteiger partial charge on any atom is 0.0862 e. The molecule has 0 saturated carbocycles. The molecule has 2 fully saturated rings. The fraction of sp³-hybridized carbons (Fsp3) is 0.800. The Morgan fingerprint density at radius 2 is 2.43 bits per heavy atom. The molecule has 2 aliphatic heterocycles. The van der Waals surface area contributed by atoms with Crippen LogP contribution < -0.4 is 0 Å². The minimum Gasteiger partial charge on any atom is -0.390 e. The molecule has 5 nitrogen and oxygen atoms in total. The van der Waals surface area contributed by atoms with E-state index in [1.807, 2.05) is 24.0 Å². The van der Waals surface area contributed by atoms with Gasteiger partial charge in [0.1, 0.15) is 0 Å². The number of thioether (sulfide) groups is 1. The van der Waals surface area contributed by atoms with Crippen molar-refractivity contribution in [2.24, 2.45) is 0 Å². The summed E-state index contributed by atoms with van der Waals surface area (Å²) in [4.78, 5) is 2.45. The lowest BCUT2D eigenvalue weighted by molar-refractivity contribution is 0.0296. The molecule has 0 unspecified atom stereocenters. The van der Waals surface area contributed by atoms with Gasteiger partial charge in [-0.2, -0.15) is 16.9 Å². The summed E-state index contributed by atoms with van der Waals surface area (Å²) in [6.07, 6.45) is 7.19. The van der Waals surface area contributed by atoms with Crippen LogP contribution in [0.4, 0.5) is 0 Å². The maximum atomic E-state index is 10.4. The van der Waals surface area contributed by atoms with Gasteiger partial charge >= 0.3 is 0 Å². The molecule has 0 aromatic carbocycles. The SMILES string of the molecule is O[C@H](CN(C[C@@H]1CCCO1)[C@@H]1CCSC1)Cn1cccn1. The van der Waals surface area contributed by atoms with Gasteiger partial charge in [0.05, 0.1) is 18.8 Å². The van der Waals surface area contributed by atoms with Crippen LogP contribution >= 0.6 is 11.8 Å². The molecule has 6 heteroatoms. The minimum atomic E-state index is -0.378. The van der Waals surface area contributed by atoms with Crippen LogP contribution in [-0.4, -0.2) is 69.2 Å². The van der Waals surface area contributed by atoms with Gasteiger partial charge in [0.25, 0.3) is 0 Å². The Hall–Kier alpha value is -0.560. The zero-order chi connectivity index (χ0) is 14.5. The van der Waals surface area contributed by atoms with Gasteiger partial charge in [0.2, 0.25) is 0 Å². The number of hydrogen-bond acceptors (Lipinski definition) is 5. The second-order valence-corrected chi connectivity index (χ2v) is 7.14. The van der Waals surface area contributed by atoms with Crippen molar-refractivity contribution in [2.45, 2.75) is 44.1 Å². The van der Waals surface area contributed by atoms with E-state index < -0.39 is 0 Å². The standard InChI is InChI=1S/C15H25N3O2S/c19-14(10-18-6-2-5-16-18)9-17(13-4-8-21-12-13)11-15-3-1-7-20-15/h2,5-6,13-15,19H,1,3-4,7-12H2/t13-,14-,15+/m1/s1. The monoisotopic (exact) mass is 311 g/mol. The Kier molecular flexibility index (Phi) is 5.57. The molecule has 3 heterocycles. The first kappa shape index (κ1) is 15.3. The highest BCUT2D eigenvalue weighted by Crippen LogP contribution is 2.24. The number of hydrogen-bond donors (Lipinski definition) is 1. The first-order chi connectivity index (χ1) is 10.3. The summed E-state index contributed by atoms with van der Waals surface area (Å²) >= 11 is 2.02. The van der Waals surface area contributed by atoms with E-state index in [1.165, 1.54) is 24.3 Å². The smallest absolute Gasteiger partial charge is 0.0862 e. The zero-order valence-electron chi connectivity index (χ0n) is 12.4. The van der Waals surface area contributed by atoms with Crippen molar-refractivity contribution in [3.63, 3.8) is 0 Å². The van der Waals surface area contributed by atoms with E-state index in [1.54, 1.807) is 10.9 Å². The third-order valence-electron chi connectivity index (χ3n) is 4.29. The molecule has 0 bridgehead atoms. The third-order valence-corrected chi connectivity index (χ3v) is 5.43. The van der Waals surface area contributed by atoms with Crippen LogP contribution in [0.5, 0.6) is 0 Å². The van der Waals surface area contributed by atoms with Crippen LogP contribution in [0.15, 0.2) is 18.5 Å². The lowest BCUT2D eigenvalue weighted by Crippen LogP contribution is -2.45. The molecule has 1 aromatic rings. The second-order valence-electron chi connectivity index (χ2n) is 5.99. The van der Waals surface area contributed by atoms with E-state index in [0.29, 0.717) is 25.2 Å². The normalized spacial score (nSPS) is 27.5. The van der Waals surface area contributed by atoms with Crippen LogP contribution in [0, 0.1) is 0 Å². The first-order valence-corrected chi connectivity index (χ1v) is 9.05. The lowest BCUT2D eigenvalue weighted by Gasteiger charge is -2.32. The fourth-order valence-electron chi connectivity index (χ4n) is 3.19. The van der Waals surface area contributed by atoms with E-state index in [-0.39, 0.29) is 6.10 Å². The minimum absolute atomic E-state index is 0.354. The number of nitrogens with zero attached hydrogens (tertiary/aromatic N) is 3. The van der Waals surface area contributed by atoms with Gasteiger partial charge in [-0.3, -0.25) is 9.58 Å². The highest BCUT2D eigenvalue weighted by atomic mass is 32.2. The summed E-state index contributed by atoms with van der Waals surface area (Å²) in [5.74, 6) is 2.42. The van der Waals surface area contributed by atoms with Crippen molar-refractivity contribution in [1.29, 1.82) is 0 Å². The maximum absolute atomic E-state index is 10.4. The molecule has 21 heavy (non-hydrogen) atoms. The highest BCUT2D eigenvalue weighted by Gasteiger charge is 2.28. The molecule has 1 N–H and O–H groups in total. The van der Waals surface area contributed by atoms with Crippen LogP contribution in [0.3, 0.4) is 0 Å². The topological polar surface area (TPSA) is 50.5 Å². The Balaban J connectivity index is 1.55. The van der Waals surface area contributed by atoms with Crippen molar-refractivity contribution >= 4 is 11.8 Å². The van der Waals surface area contributed by atoms with E-state index in [4.69, 9.17) is 4.74 Å². The number of aliphatic hydroxyl groups is 1. The van der Waals surface area contributed by atoms with Gasteiger partial charge in [-0.15, -0.1) is 0 Å². The Labute approximate surface area is 130 Å². The van der Waals surface area contributed by atoms with Gasteiger partial charge in [-0.05, 0) is 31.1 Å². The highest BCUT2D eigenvalue weighted by molar-refractivity contribution is 7.99. The van der Waals surface area contributed by atoms with Gasteiger partial charge < -0.3 is 9.84 Å². The molecule has 0 radical (unpaired) electrons. The van der Waals surface area contributed by atoms with Crippen LogP contribution in [-0.2, 0) is 11.3 Å². The Bertz CT molecular complexity index is 403. The molecule has 3 rings (SSSR count). The summed E-state index contributed by atoms with van der Waals surface area (Å²) in [6, 6.07) is 2.48. The van der Waals surface area contributed by atoms with Crippen molar-refractivity contribution < 1.29 is 9.84 Å². The van der Waals surface area contributed by atoms with E-state index >= 15 is 0 Å². The van der Waals surface area contributed by atoms with Crippen LogP contribution in [0.1, 0.15) is 19.3 Å². The molecule has 2 saturated heterocycles. The molecule has 0 aliphatic carbocycles. The molecule has 3 atom stereocenters. The summed E-state index contributed by atoms with van der Waals surface area (Å²) in [6.45, 7) is 3.13. The summed E-state index contributed by atoms with van der Waals surface area (Å²) in [5, 5.41) is 14.5. The second kappa shape index (κ2) is 7.63. The van der Waals surface area contributed by atoms with E-state index in [9.17, 15) is 5.11 Å². The van der Waals surface area contributed by atoms with Gasteiger partial charge in [0, 0.05) is 43.9 Å². The summed E-state index contributed by atoms with van der Waals surface area (Å²) < 4.78 is 7.59. The van der Waals surface area contributed by atoms with Crippen LogP contribution in [0.25, 0.3) is 0 Å². The number of aliphatic hydroxyl groups excluding tert-OH is 1. The van der Waals surface area contributed by atoms with Gasteiger partial charge in [-0.25, -0.2) is 0 Å². The molecular formula is C15H25N3O2S. The molecule has 0 spiro atoms. The van der Waals surface area contributed by atoms with E-state index in [2.05, 4.69) is 10.00 Å². The molecule has 118 valence electrons. The molecule has 2 aliphatic rings. The quantitative estimate of drug-likeness (QED) is 0.821. The fourth-order valence-corrected chi connectivity index (χ4v) is 4.44. The van der Waals surface area contributed by atoms with Gasteiger partial charge in [-0.1, -0.05) is 0 Å². The predicted molar refractivity (Wildman–Crippen MR) is 84.5 cm³/mol. The summed E-state index contributed by atoms with van der Waals surface area (Å²) in [5.41, 5.74) is 0. The first-order valence-electron chi connectivity index (χ1n) is 7.90. The average molecular weight is 311 g/mol. The average Bonchev–Trinajstić information content (AvgIpc) is 3.22. The van der Waals surface area contributed by atoms with Crippen molar-refractivity contribution in [3.8, 4) is 0 Å². The zero-order valence-corrected chi connectivity index (χ0v) is 13.2. The van der Waals surface area contributed by atoms with E-state index in [0.717, 1.165) is 19.6 Å². The largest absolute Gasteiger partial charge is 0.390 e. The predicted octanol–water partition coefficient (Wildman–Crippen LogP) is 1.23.